The maximum absolute atomic E-state index is 11.8. The second-order valence-electron chi connectivity index (χ2n) is 5.41. The topological polar surface area (TPSA) is 41.6 Å². The molecule has 114 valence electrons. The highest BCUT2D eigenvalue weighted by molar-refractivity contribution is 5.78. The lowest BCUT2D eigenvalue weighted by Gasteiger charge is -2.27. The van der Waals surface area contributed by atoms with Crippen molar-refractivity contribution in [2.75, 3.05) is 19.6 Å². The number of nitrogens with one attached hydrogen (secondary N) is 1. The molecule has 0 aliphatic carbocycles. The molecule has 3 rings (SSSR count). The zero-order chi connectivity index (χ0) is 15.2. The van der Waals surface area contributed by atoms with Crippen LogP contribution in [0, 0.1) is 0 Å². The van der Waals surface area contributed by atoms with E-state index in [2.05, 4.69) is 5.32 Å². The molecular formula is C18H20N2O2. The largest absolute Gasteiger partial charge is 0.489 e. The van der Waals surface area contributed by atoms with Crippen molar-refractivity contribution in [1.29, 1.82) is 0 Å². The fourth-order valence-corrected chi connectivity index (χ4v) is 2.47. The van der Waals surface area contributed by atoms with Crippen LogP contribution in [0.1, 0.15) is 11.1 Å². The van der Waals surface area contributed by atoms with Crippen molar-refractivity contribution in [3.8, 4) is 5.75 Å². The van der Waals surface area contributed by atoms with Crippen LogP contribution < -0.4 is 10.1 Å². The lowest BCUT2D eigenvalue weighted by molar-refractivity contribution is -0.132. The van der Waals surface area contributed by atoms with Crippen LogP contribution in [0.5, 0.6) is 5.75 Å². The number of rotatable bonds is 5. The zero-order valence-corrected chi connectivity index (χ0v) is 12.5. The fourth-order valence-electron chi connectivity index (χ4n) is 2.47. The number of carbonyl (C=O) groups is 1. The van der Waals surface area contributed by atoms with Crippen molar-refractivity contribution in [1.82, 2.24) is 10.2 Å². The van der Waals surface area contributed by atoms with E-state index in [1.807, 2.05) is 59.5 Å². The molecule has 22 heavy (non-hydrogen) atoms. The third-order valence-electron chi connectivity index (χ3n) is 3.73. The van der Waals surface area contributed by atoms with Gasteiger partial charge >= 0.3 is 0 Å². The molecule has 1 heterocycles. The van der Waals surface area contributed by atoms with E-state index < -0.39 is 0 Å². The Hall–Kier alpha value is -2.33. The van der Waals surface area contributed by atoms with Crippen LogP contribution in [0.25, 0.3) is 0 Å². The molecule has 0 aromatic heterocycles. The summed E-state index contributed by atoms with van der Waals surface area (Å²) in [5, 5.41) is 3.08. The van der Waals surface area contributed by atoms with Crippen molar-refractivity contribution < 1.29 is 9.53 Å². The van der Waals surface area contributed by atoms with E-state index in [4.69, 9.17) is 4.74 Å². The number of ether oxygens (including phenoxy) is 1. The van der Waals surface area contributed by atoms with Gasteiger partial charge in [-0.25, -0.2) is 0 Å². The lowest BCUT2D eigenvalue weighted by Crippen LogP contribution is -2.47. The lowest BCUT2D eigenvalue weighted by atomic mass is 10.2. The quantitative estimate of drug-likeness (QED) is 0.919. The minimum absolute atomic E-state index is 0.163. The summed E-state index contributed by atoms with van der Waals surface area (Å²) in [5.74, 6) is 1.01. The molecule has 0 spiro atoms. The molecule has 1 aliphatic rings. The van der Waals surface area contributed by atoms with Crippen molar-refractivity contribution >= 4 is 5.91 Å². The molecule has 4 heteroatoms. The van der Waals surface area contributed by atoms with Gasteiger partial charge in [0.2, 0.25) is 5.91 Å². The van der Waals surface area contributed by atoms with Gasteiger partial charge in [-0.15, -0.1) is 0 Å². The normalized spacial score (nSPS) is 14.9. The number of hydrogen-bond acceptors (Lipinski definition) is 3. The number of hydrogen-bond donors (Lipinski definition) is 1. The highest BCUT2D eigenvalue weighted by Crippen LogP contribution is 2.15. The van der Waals surface area contributed by atoms with Crippen LogP contribution in [0.3, 0.4) is 0 Å². The summed E-state index contributed by atoms with van der Waals surface area (Å²) < 4.78 is 5.77. The molecule has 1 amide bonds. The highest BCUT2D eigenvalue weighted by atomic mass is 16.5. The smallest absolute Gasteiger partial charge is 0.236 e. The van der Waals surface area contributed by atoms with Gasteiger partial charge in [0.25, 0.3) is 0 Å². The number of nitrogens with zero attached hydrogens (tertiary/aromatic N) is 1. The Morgan fingerprint density at radius 3 is 2.50 bits per heavy atom. The van der Waals surface area contributed by atoms with Gasteiger partial charge in [0.15, 0.2) is 0 Å². The van der Waals surface area contributed by atoms with Gasteiger partial charge in [-0.1, -0.05) is 42.5 Å². The molecule has 0 atom stereocenters. The van der Waals surface area contributed by atoms with Gasteiger partial charge in [-0.05, 0) is 23.3 Å². The number of piperazine rings is 1. The molecule has 0 bridgehead atoms. The average molecular weight is 296 g/mol. The third kappa shape index (κ3) is 3.86. The van der Waals surface area contributed by atoms with Gasteiger partial charge in [0, 0.05) is 19.6 Å². The van der Waals surface area contributed by atoms with Crippen LogP contribution in [0.15, 0.2) is 54.6 Å². The first-order valence-corrected chi connectivity index (χ1v) is 7.55. The van der Waals surface area contributed by atoms with E-state index in [1.165, 1.54) is 0 Å². The Bertz CT molecular complexity index is 611. The van der Waals surface area contributed by atoms with Crippen molar-refractivity contribution in [2.45, 2.75) is 13.2 Å². The van der Waals surface area contributed by atoms with Gasteiger partial charge < -0.3 is 15.0 Å². The second kappa shape index (κ2) is 7.09. The molecule has 0 saturated carbocycles. The monoisotopic (exact) mass is 296 g/mol. The zero-order valence-electron chi connectivity index (χ0n) is 12.5. The molecule has 2 aromatic rings. The van der Waals surface area contributed by atoms with E-state index in [9.17, 15) is 4.79 Å². The number of benzene rings is 2. The van der Waals surface area contributed by atoms with E-state index in [1.54, 1.807) is 0 Å². The van der Waals surface area contributed by atoms with Crippen LogP contribution >= 0.6 is 0 Å². The summed E-state index contributed by atoms with van der Waals surface area (Å²) in [4.78, 5) is 13.6. The van der Waals surface area contributed by atoms with E-state index in [0.717, 1.165) is 30.0 Å². The summed E-state index contributed by atoms with van der Waals surface area (Å²) >= 11 is 0. The predicted molar refractivity (Wildman–Crippen MR) is 85.5 cm³/mol. The second-order valence-corrected chi connectivity index (χ2v) is 5.41. The molecule has 1 fully saturated rings. The summed E-state index contributed by atoms with van der Waals surface area (Å²) in [6.45, 7) is 3.31. The number of carbonyl (C=O) groups excluding carboxylic acids is 1. The predicted octanol–water partition coefficient (Wildman–Crippen LogP) is 2.20. The summed E-state index contributed by atoms with van der Waals surface area (Å²) in [5.41, 5.74) is 2.28. The first-order chi connectivity index (χ1) is 10.8. The van der Waals surface area contributed by atoms with Crippen LogP contribution in [-0.2, 0) is 17.9 Å². The molecule has 0 unspecified atom stereocenters. The molecular weight excluding hydrogens is 276 g/mol. The standard InChI is InChI=1S/C18H20N2O2/c21-18-12-19-10-11-20(18)13-15-6-8-17(9-7-15)22-14-16-4-2-1-3-5-16/h1-9,19H,10-14H2. The average Bonchev–Trinajstić information content (AvgIpc) is 2.57. The SMILES string of the molecule is O=C1CNCCN1Cc1ccc(OCc2ccccc2)cc1. The maximum Gasteiger partial charge on any atom is 0.236 e. The molecule has 1 aliphatic heterocycles. The van der Waals surface area contributed by atoms with Crippen LogP contribution in [0.4, 0.5) is 0 Å². The van der Waals surface area contributed by atoms with Crippen molar-refractivity contribution in [3.05, 3.63) is 65.7 Å². The summed E-state index contributed by atoms with van der Waals surface area (Å²) in [6, 6.07) is 18.1. The molecule has 0 radical (unpaired) electrons. The van der Waals surface area contributed by atoms with E-state index >= 15 is 0 Å². The summed E-state index contributed by atoms with van der Waals surface area (Å²) in [6.07, 6.45) is 0. The Kier molecular flexibility index (Phi) is 4.71. The molecule has 1 N–H and O–H groups in total. The Labute approximate surface area is 130 Å². The third-order valence-corrected chi connectivity index (χ3v) is 3.73. The van der Waals surface area contributed by atoms with Gasteiger partial charge in [0.05, 0.1) is 6.54 Å². The molecule has 1 saturated heterocycles. The minimum Gasteiger partial charge on any atom is -0.489 e. The molecule has 4 nitrogen and oxygen atoms in total. The van der Waals surface area contributed by atoms with E-state index in [0.29, 0.717) is 19.7 Å². The van der Waals surface area contributed by atoms with Crippen molar-refractivity contribution in [2.24, 2.45) is 0 Å². The Morgan fingerprint density at radius 2 is 1.77 bits per heavy atom. The van der Waals surface area contributed by atoms with Gasteiger partial charge in [-0.2, -0.15) is 0 Å². The first kappa shape index (κ1) is 14.6. The van der Waals surface area contributed by atoms with Gasteiger partial charge in [0.1, 0.15) is 12.4 Å². The Balaban J connectivity index is 1.55. The Morgan fingerprint density at radius 1 is 1.00 bits per heavy atom. The van der Waals surface area contributed by atoms with Crippen LogP contribution in [-0.4, -0.2) is 30.4 Å². The number of amides is 1. The highest BCUT2D eigenvalue weighted by Gasteiger charge is 2.17. The fraction of sp³-hybridized carbons (Fsp3) is 0.278. The molecule has 2 aromatic carbocycles. The first-order valence-electron chi connectivity index (χ1n) is 7.55. The maximum atomic E-state index is 11.8. The van der Waals surface area contributed by atoms with Gasteiger partial charge in [-0.3, -0.25) is 4.79 Å². The summed E-state index contributed by atoms with van der Waals surface area (Å²) in [7, 11) is 0. The van der Waals surface area contributed by atoms with Crippen molar-refractivity contribution in [3.63, 3.8) is 0 Å². The van der Waals surface area contributed by atoms with E-state index in [-0.39, 0.29) is 5.91 Å². The van der Waals surface area contributed by atoms with Crippen LogP contribution in [0.2, 0.25) is 0 Å². The minimum atomic E-state index is 0.163.